The minimum absolute atomic E-state index is 0.00137. The topological polar surface area (TPSA) is 99.7 Å². The zero-order chi connectivity index (χ0) is 19.5. The summed E-state index contributed by atoms with van der Waals surface area (Å²) in [5.74, 6) is 1.15. The van der Waals surface area contributed by atoms with Gasteiger partial charge in [0.2, 0.25) is 5.95 Å². The summed E-state index contributed by atoms with van der Waals surface area (Å²) in [6.45, 7) is 1.54. The van der Waals surface area contributed by atoms with Crippen LogP contribution in [0.4, 0.5) is 22.1 Å². The smallest absolute Gasteiger partial charge is 0.319 e. The van der Waals surface area contributed by atoms with Crippen molar-refractivity contribution in [3.05, 3.63) is 36.7 Å². The molecule has 0 radical (unpaired) electrons. The first-order valence-electron chi connectivity index (χ1n) is 9.23. The van der Waals surface area contributed by atoms with Crippen LogP contribution in [0.1, 0.15) is 12.8 Å². The van der Waals surface area contributed by atoms with Crippen LogP contribution in [0, 0.1) is 0 Å². The first-order chi connectivity index (χ1) is 13.6. The van der Waals surface area contributed by atoms with Gasteiger partial charge in [-0.05, 0) is 31.0 Å². The highest BCUT2D eigenvalue weighted by Gasteiger charge is 2.24. The van der Waals surface area contributed by atoms with E-state index in [1.54, 1.807) is 48.6 Å². The first-order valence-corrected chi connectivity index (χ1v) is 9.23. The Labute approximate surface area is 162 Å². The van der Waals surface area contributed by atoms with Gasteiger partial charge in [0, 0.05) is 50.3 Å². The largest absolute Gasteiger partial charge is 0.481 e. The predicted octanol–water partition coefficient (Wildman–Crippen LogP) is 1.62. The molecule has 1 atom stereocenters. The lowest BCUT2D eigenvalue weighted by Gasteiger charge is -2.33. The number of likely N-dealkylation sites (N-methyl/N-ethyl adjacent to an activating group) is 1. The minimum atomic E-state index is -0.277. The summed E-state index contributed by atoms with van der Waals surface area (Å²) < 4.78 is 5.46. The Kier molecular flexibility index (Phi) is 4.96. The van der Waals surface area contributed by atoms with Gasteiger partial charge in [0.25, 0.3) is 5.91 Å². The number of carbonyl (C=O) groups excluding carboxylic acids is 2. The molecule has 0 bridgehead atoms. The third-order valence-electron chi connectivity index (χ3n) is 4.90. The molecular formula is C19H22N6O3. The zero-order valence-corrected chi connectivity index (χ0v) is 15.6. The number of fused-ring (bicyclic) bond motifs is 1. The van der Waals surface area contributed by atoms with Crippen molar-refractivity contribution in [1.29, 1.82) is 0 Å². The van der Waals surface area contributed by atoms with Crippen molar-refractivity contribution in [3.8, 4) is 5.75 Å². The number of anilines is 3. The summed E-state index contributed by atoms with van der Waals surface area (Å²) in [7, 11) is 1.70. The average Bonchev–Trinajstić information content (AvgIpc) is 2.71. The third-order valence-corrected chi connectivity index (χ3v) is 4.90. The van der Waals surface area contributed by atoms with Gasteiger partial charge in [-0.3, -0.25) is 4.79 Å². The summed E-state index contributed by atoms with van der Waals surface area (Å²) in [5, 5.41) is 5.85. The zero-order valence-electron chi connectivity index (χ0n) is 15.6. The monoisotopic (exact) mass is 382 g/mol. The number of nitrogens with one attached hydrogen (secondary N) is 2. The molecular weight excluding hydrogens is 360 g/mol. The van der Waals surface area contributed by atoms with Crippen LogP contribution in [0.25, 0.3) is 0 Å². The van der Waals surface area contributed by atoms with Gasteiger partial charge in [0.15, 0.2) is 6.61 Å². The Hall–Kier alpha value is -3.36. The van der Waals surface area contributed by atoms with Gasteiger partial charge in [-0.1, -0.05) is 0 Å². The van der Waals surface area contributed by atoms with Crippen molar-refractivity contribution in [2.75, 3.05) is 41.9 Å². The molecule has 146 valence electrons. The number of hydrogen-bond acceptors (Lipinski definition) is 6. The molecule has 3 amide bonds. The van der Waals surface area contributed by atoms with Gasteiger partial charge in [-0.2, -0.15) is 0 Å². The second-order valence-electron chi connectivity index (χ2n) is 6.86. The summed E-state index contributed by atoms with van der Waals surface area (Å²) in [5.41, 5.74) is 1.30. The fourth-order valence-corrected chi connectivity index (χ4v) is 3.44. The molecule has 1 aromatic carbocycles. The maximum absolute atomic E-state index is 12.4. The van der Waals surface area contributed by atoms with E-state index in [9.17, 15) is 9.59 Å². The van der Waals surface area contributed by atoms with E-state index in [0.29, 0.717) is 29.6 Å². The number of urea groups is 1. The molecule has 4 rings (SSSR count). The van der Waals surface area contributed by atoms with E-state index in [-0.39, 0.29) is 24.6 Å². The molecule has 0 unspecified atom stereocenters. The molecule has 9 heteroatoms. The molecule has 2 aliphatic heterocycles. The molecule has 2 aliphatic rings. The summed E-state index contributed by atoms with van der Waals surface area (Å²) >= 11 is 0. The Morgan fingerprint density at radius 2 is 2.11 bits per heavy atom. The lowest BCUT2D eigenvalue weighted by Crippen LogP contribution is -2.49. The van der Waals surface area contributed by atoms with E-state index in [2.05, 4.69) is 25.5 Å². The van der Waals surface area contributed by atoms with E-state index in [1.165, 1.54) is 0 Å². The van der Waals surface area contributed by atoms with Gasteiger partial charge in [-0.25, -0.2) is 14.8 Å². The quantitative estimate of drug-likeness (QED) is 0.837. The van der Waals surface area contributed by atoms with Crippen LogP contribution in [0.15, 0.2) is 36.7 Å². The first kappa shape index (κ1) is 18.0. The molecule has 1 saturated heterocycles. The highest BCUT2D eigenvalue weighted by Crippen LogP contribution is 2.33. The maximum Gasteiger partial charge on any atom is 0.319 e. The number of aromatic nitrogens is 2. The summed E-state index contributed by atoms with van der Waals surface area (Å²) in [4.78, 5) is 36.3. The van der Waals surface area contributed by atoms with E-state index >= 15 is 0 Å². The van der Waals surface area contributed by atoms with Crippen molar-refractivity contribution in [2.24, 2.45) is 0 Å². The Morgan fingerprint density at radius 3 is 2.93 bits per heavy atom. The number of hydrogen-bond donors (Lipinski definition) is 2. The molecule has 9 nitrogen and oxygen atoms in total. The van der Waals surface area contributed by atoms with Crippen LogP contribution in [0.5, 0.6) is 5.75 Å². The van der Waals surface area contributed by atoms with Crippen LogP contribution in [-0.4, -0.2) is 54.7 Å². The second-order valence-corrected chi connectivity index (χ2v) is 6.86. The minimum Gasteiger partial charge on any atom is -0.481 e. The number of benzene rings is 1. The van der Waals surface area contributed by atoms with Crippen molar-refractivity contribution >= 4 is 29.3 Å². The van der Waals surface area contributed by atoms with Crippen LogP contribution >= 0.6 is 0 Å². The van der Waals surface area contributed by atoms with E-state index in [4.69, 9.17) is 4.74 Å². The molecule has 3 heterocycles. The number of piperidine rings is 1. The van der Waals surface area contributed by atoms with Gasteiger partial charge in [0.1, 0.15) is 5.75 Å². The summed E-state index contributed by atoms with van der Waals surface area (Å²) in [6, 6.07) is 6.75. The van der Waals surface area contributed by atoms with Crippen LogP contribution < -0.4 is 25.2 Å². The highest BCUT2D eigenvalue weighted by molar-refractivity contribution is 5.98. The predicted molar refractivity (Wildman–Crippen MR) is 105 cm³/mol. The molecule has 0 spiro atoms. The molecule has 1 fully saturated rings. The van der Waals surface area contributed by atoms with Crippen molar-refractivity contribution in [2.45, 2.75) is 18.9 Å². The molecule has 2 aromatic rings. The number of ether oxygens (including phenoxy) is 1. The van der Waals surface area contributed by atoms with Crippen molar-refractivity contribution < 1.29 is 14.3 Å². The van der Waals surface area contributed by atoms with E-state index in [0.717, 1.165) is 19.4 Å². The number of carbonyl (C=O) groups is 2. The lowest BCUT2D eigenvalue weighted by atomic mass is 10.1. The Balaban J connectivity index is 1.36. The van der Waals surface area contributed by atoms with Crippen LogP contribution in [-0.2, 0) is 4.79 Å². The Morgan fingerprint density at radius 1 is 1.29 bits per heavy atom. The van der Waals surface area contributed by atoms with E-state index in [1.807, 2.05) is 0 Å². The summed E-state index contributed by atoms with van der Waals surface area (Å²) in [6.07, 6.45) is 5.29. The fourth-order valence-electron chi connectivity index (χ4n) is 3.44. The Bertz CT molecular complexity index is 875. The van der Waals surface area contributed by atoms with Gasteiger partial charge < -0.3 is 25.2 Å². The highest BCUT2D eigenvalue weighted by atomic mass is 16.5. The second kappa shape index (κ2) is 7.71. The van der Waals surface area contributed by atoms with Crippen molar-refractivity contribution in [3.63, 3.8) is 0 Å². The van der Waals surface area contributed by atoms with Crippen LogP contribution in [0.3, 0.4) is 0 Å². The maximum atomic E-state index is 12.4. The normalized spacial score (nSPS) is 18.9. The molecule has 0 aliphatic carbocycles. The van der Waals surface area contributed by atoms with Gasteiger partial charge >= 0.3 is 6.03 Å². The van der Waals surface area contributed by atoms with Crippen LogP contribution in [0.2, 0.25) is 0 Å². The fraction of sp³-hybridized carbons (Fsp3) is 0.368. The average molecular weight is 382 g/mol. The molecule has 0 saturated carbocycles. The van der Waals surface area contributed by atoms with Gasteiger partial charge in [0.05, 0.1) is 5.69 Å². The number of rotatable bonds is 3. The van der Waals surface area contributed by atoms with E-state index < -0.39 is 0 Å². The third kappa shape index (κ3) is 3.83. The number of nitrogens with zero attached hydrogens (tertiary/aromatic N) is 4. The number of amides is 3. The SMILES string of the molecule is CN1C(=O)COc2cc(NC(=O)N[C@H]3CCCN(c4ncccn4)C3)ccc21. The lowest BCUT2D eigenvalue weighted by molar-refractivity contribution is -0.120. The standard InChI is InChI=1S/C19H22N6O3/c1-24-15-6-5-13(10-16(15)28-12-17(24)26)22-19(27)23-14-4-2-9-25(11-14)18-20-7-3-8-21-18/h3,5-8,10,14H,2,4,9,11-12H2,1H3,(H2,22,23,27)/t14-/m0/s1. The van der Waals surface area contributed by atoms with Crippen molar-refractivity contribution in [1.82, 2.24) is 15.3 Å². The van der Waals surface area contributed by atoms with Gasteiger partial charge in [-0.15, -0.1) is 0 Å². The molecule has 1 aromatic heterocycles. The molecule has 2 N–H and O–H groups in total. The molecule has 28 heavy (non-hydrogen) atoms.